The second kappa shape index (κ2) is 29.0. The van der Waals surface area contributed by atoms with Gasteiger partial charge in [-0.3, -0.25) is 52.7 Å². The van der Waals surface area contributed by atoms with Gasteiger partial charge in [-0.15, -0.1) is 0 Å². The van der Waals surface area contributed by atoms with Crippen molar-refractivity contribution in [3.05, 3.63) is 29.8 Å². The Hall–Kier alpha value is -6.15. The lowest BCUT2D eigenvalue weighted by Crippen LogP contribution is -2.61. The molecule has 0 aromatic heterocycles. The van der Waals surface area contributed by atoms with Crippen LogP contribution in [0.1, 0.15) is 78.2 Å². The molecule has 1 aliphatic rings. The number of hydrogen-bond acceptors (Lipinski definition) is 15. The highest BCUT2D eigenvalue weighted by atomic mass is 32.1. The zero-order valence-electron chi connectivity index (χ0n) is 39.2. The van der Waals surface area contributed by atoms with E-state index in [1.807, 2.05) is 13.8 Å². The van der Waals surface area contributed by atoms with Crippen LogP contribution in [0, 0.1) is 11.8 Å². The maximum atomic E-state index is 14.0. The van der Waals surface area contributed by atoms with Crippen LogP contribution in [0.3, 0.4) is 0 Å². The van der Waals surface area contributed by atoms with Gasteiger partial charge in [-0.1, -0.05) is 39.8 Å². The number of amides is 11. The number of carbonyl (C=O) groups is 11. The molecule has 0 radical (unpaired) electrons. The van der Waals surface area contributed by atoms with Gasteiger partial charge in [-0.25, -0.2) is 0 Å². The fourth-order valence-electron chi connectivity index (χ4n) is 7.15. The molecule has 1 aromatic rings. The Balaban J connectivity index is 2.34. The van der Waals surface area contributed by atoms with Crippen LogP contribution in [0.4, 0.5) is 0 Å². The third kappa shape index (κ3) is 20.5. The van der Waals surface area contributed by atoms with Gasteiger partial charge >= 0.3 is 0 Å². The average Bonchev–Trinajstić information content (AvgIpc) is 3.77. The summed E-state index contributed by atoms with van der Waals surface area (Å²) in [7, 11) is 0. The lowest BCUT2D eigenvalue weighted by molar-refractivity contribution is -0.142. The lowest BCUT2D eigenvalue weighted by atomic mass is 10.00. The molecule has 11 amide bonds. The van der Waals surface area contributed by atoms with Crippen molar-refractivity contribution in [3.63, 3.8) is 0 Å². The van der Waals surface area contributed by atoms with E-state index in [9.17, 15) is 57.8 Å². The van der Waals surface area contributed by atoms with Gasteiger partial charge in [0.05, 0.1) is 19.0 Å². The van der Waals surface area contributed by atoms with Crippen molar-refractivity contribution in [2.24, 2.45) is 34.8 Å². The number of thiol groups is 2. The molecule has 1 saturated heterocycles. The number of rotatable bonds is 29. The summed E-state index contributed by atoms with van der Waals surface area (Å²) in [5.41, 5.74) is 22.4. The number of primary amides is 3. The van der Waals surface area contributed by atoms with Crippen LogP contribution >= 0.6 is 25.3 Å². The smallest absolute Gasteiger partial charge is 0.246 e. The van der Waals surface area contributed by atoms with Gasteiger partial charge in [-0.05, 0) is 61.6 Å². The number of hydrogen-bond donors (Lipinski definition) is 14. The van der Waals surface area contributed by atoms with E-state index in [1.165, 1.54) is 29.2 Å². The molecule has 0 spiro atoms. The van der Waals surface area contributed by atoms with Crippen LogP contribution < -0.4 is 60.2 Å². The maximum absolute atomic E-state index is 14.0. The van der Waals surface area contributed by atoms with E-state index in [0.29, 0.717) is 12.0 Å². The zero-order valence-corrected chi connectivity index (χ0v) is 40.9. The molecule has 1 aromatic carbocycles. The van der Waals surface area contributed by atoms with Gasteiger partial charge in [-0.2, -0.15) is 25.3 Å². The number of nitrogens with one attached hydrogen (secondary N) is 7. The third-order valence-corrected chi connectivity index (χ3v) is 11.4. The van der Waals surface area contributed by atoms with E-state index in [0.717, 1.165) is 0 Å². The van der Waals surface area contributed by atoms with Crippen LogP contribution in [0.2, 0.25) is 0 Å². The van der Waals surface area contributed by atoms with E-state index < -0.39 is 139 Å². The van der Waals surface area contributed by atoms with Crippen molar-refractivity contribution in [1.82, 2.24) is 42.1 Å². The monoisotopic (exact) mass is 1010 g/mol. The van der Waals surface area contributed by atoms with Crippen LogP contribution in [0.25, 0.3) is 0 Å². The van der Waals surface area contributed by atoms with E-state index in [1.54, 1.807) is 13.8 Å². The highest BCUT2D eigenvalue weighted by Gasteiger charge is 2.40. The first-order valence-electron chi connectivity index (χ1n) is 22.4. The molecule has 0 bridgehead atoms. The maximum Gasteiger partial charge on any atom is 0.246 e. The number of nitrogens with two attached hydrogens (primary N) is 4. The number of likely N-dealkylation sites (tertiary alicyclic amines) is 1. The molecular formula is C43H68N12O12S2. The van der Waals surface area contributed by atoms with Crippen molar-refractivity contribution in [1.29, 1.82) is 0 Å². The fourth-order valence-corrected chi connectivity index (χ4v) is 7.57. The molecule has 0 saturated carbocycles. The van der Waals surface area contributed by atoms with Crippen molar-refractivity contribution in [2.45, 2.75) is 127 Å². The number of phenolic OH excluding ortho intramolecular Hbond substituents is 1. The SMILES string of the molecule is CC(C)C[C@H](NC(=O)[C@H](Cc1ccc(O)cc1)NC(=O)[C@@H](N)CS)C(=O)N[C@@H](CCC(N)=O)C(=O)N[C@@H](CC(N)=O)C(=O)N[C@@H](CS)C(=O)N1CCC[C@H]1C(=O)N[C@@H](CC(C)C)C(=O)NCC(N)=O. The second-order valence-electron chi connectivity index (χ2n) is 17.5. The Kier molecular flexibility index (Phi) is 24.8. The predicted octanol–water partition coefficient (Wildman–Crippen LogP) is -4.14. The second-order valence-corrected chi connectivity index (χ2v) is 18.2. The largest absolute Gasteiger partial charge is 0.508 e. The molecule has 0 aliphatic carbocycles. The van der Waals surface area contributed by atoms with Gasteiger partial charge in [0.15, 0.2) is 0 Å². The minimum Gasteiger partial charge on any atom is -0.508 e. The zero-order chi connectivity index (χ0) is 52.1. The highest BCUT2D eigenvalue weighted by Crippen LogP contribution is 2.20. The molecule has 2 rings (SSSR count). The number of phenols is 1. The summed E-state index contributed by atoms with van der Waals surface area (Å²) in [6, 6.07) is -4.83. The quantitative estimate of drug-likeness (QED) is 0.0340. The van der Waals surface area contributed by atoms with Crippen molar-refractivity contribution >= 4 is 90.2 Å². The lowest BCUT2D eigenvalue weighted by Gasteiger charge is -2.30. The van der Waals surface area contributed by atoms with Gasteiger partial charge in [0.25, 0.3) is 0 Å². The Morgan fingerprint density at radius 3 is 1.68 bits per heavy atom. The third-order valence-electron chi connectivity index (χ3n) is 10.6. The van der Waals surface area contributed by atoms with Gasteiger partial charge in [0.1, 0.15) is 48.0 Å². The Labute approximate surface area is 411 Å². The number of benzene rings is 1. The number of carbonyl (C=O) groups excluding carboxylic acids is 11. The van der Waals surface area contributed by atoms with E-state index in [-0.39, 0.29) is 61.3 Å². The topological polar surface area (TPSA) is 400 Å². The molecule has 69 heavy (non-hydrogen) atoms. The summed E-state index contributed by atoms with van der Waals surface area (Å²) in [4.78, 5) is 145. The highest BCUT2D eigenvalue weighted by molar-refractivity contribution is 7.80. The van der Waals surface area contributed by atoms with E-state index in [2.05, 4.69) is 62.5 Å². The summed E-state index contributed by atoms with van der Waals surface area (Å²) >= 11 is 8.28. The molecule has 1 fully saturated rings. The molecule has 0 unspecified atom stereocenters. The molecule has 1 heterocycles. The Morgan fingerprint density at radius 1 is 0.638 bits per heavy atom. The normalized spacial score (nSPS) is 16.4. The summed E-state index contributed by atoms with van der Waals surface area (Å²) < 4.78 is 0. The minimum atomic E-state index is -1.76. The number of nitrogens with zero attached hydrogens (tertiary/aromatic N) is 1. The summed E-state index contributed by atoms with van der Waals surface area (Å²) in [5, 5.41) is 27.2. The first-order valence-corrected chi connectivity index (χ1v) is 23.6. The molecule has 8 atom stereocenters. The van der Waals surface area contributed by atoms with Crippen LogP contribution in [0.15, 0.2) is 24.3 Å². The molecule has 26 heteroatoms. The van der Waals surface area contributed by atoms with Crippen molar-refractivity contribution < 1.29 is 57.8 Å². The van der Waals surface area contributed by atoms with Crippen LogP contribution in [-0.2, 0) is 59.2 Å². The fraction of sp³-hybridized carbons (Fsp3) is 0.605. The Morgan fingerprint density at radius 2 is 1.14 bits per heavy atom. The van der Waals surface area contributed by atoms with Gasteiger partial charge in [0, 0.05) is 30.9 Å². The summed E-state index contributed by atoms with van der Waals surface area (Å²) in [5.74, 6) is -10.1. The average molecular weight is 1010 g/mol. The molecule has 24 nitrogen and oxygen atoms in total. The number of aromatic hydroxyl groups is 1. The first-order chi connectivity index (χ1) is 32.4. The first kappa shape index (κ1) is 59.0. The van der Waals surface area contributed by atoms with E-state index >= 15 is 0 Å². The standard InChI is InChI=1S/C43H68N12O12S2/c1-21(2)14-27(37(61)48-18-35(47)59)53-42(66)32-6-5-13-55(32)43(67)31(20-69)54-41(65)30(17-34(46)58)52-38(62)26(11-12-33(45)57)49-39(63)28(15-22(3)4)51-40(64)29(50-36(60)25(44)19-68)16-23-7-9-24(56)10-8-23/h7-10,21-22,25-32,56,68-69H,5-6,11-20,44H2,1-4H3,(H2,45,57)(H2,46,58)(H2,47,59)(H,48,61)(H,49,63)(H,50,60)(H,51,64)(H,52,62)(H,53,66)(H,54,65)/t25-,26-,27-,28-,29-,30-,31-,32-/m0/s1. The minimum absolute atomic E-state index is 0.00790. The van der Waals surface area contributed by atoms with Crippen LogP contribution in [-0.4, -0.2) is 148 Å². The predicted molar refractivity (Wildman–Crippen MR) is 257 cm³/mol. The van der Waals surface area contributed by atoms with Crippen LogP contribution in [0.5, 0.6) is 5.75 Å². The molecule has 16 N–H and O–H groups in total. The Bertz CT molecular complexity index is 2010. The summed E-state index contributed by atoms with van der Waals surface area (Å²) in [6.07, 6.45) is -0.979. The van der Waals surface area contributed by atoms with Gasteiger partial charge < -0.3 is 70.2 Å². The summed E-state index contributed by atoms with van der Waals surface area (Å²) in [6.45, 7) is 6.75. The van der Waals surface area contributed by atoms with Crippen molar-refractivity contribution in [3.8, 4) is 5.75 Å². The van der Waals surface area contributed by atoms with Crippen molar-refractivity contribution in [2.75, 3.05) is 24.6 Å². The molecule has 384 valence electrons. The van der Waals surface area contributed by atoms with E-state index in [4.69, 9.17) is 22.9 Å². The molecular weight excluding hydrogens is 941 g/mol. The van der Waals surface area contributed by atoms with Gasteiger partial charge in [0.2, 0.25) is 65.0 Å². The molecule has 1 aliphatic heterocycles.